The predicted octanol–water partition coefficient (Wildman–Crippen LogP) is 3.82. The topological polar surface area (TPSA) is 112 Å². The third-order valence-corrected chi connectivity index (χ3v) is 7.52. The molecule has 0 amide bonds. The maximum atomic E-state index is 13.2. The van der Waals surface area contributed by atoms with Crippen LogP contribution in [0.2, 0.25) is 0 Å². The van der Waals surface area contributed by atoms with E-state index in [1.165, 1.54) is 28.6 Å². The van der Waals surface area contributed by atoms with Gasteiger partial charge in [0.1, 0.15) is 5.82 Å². The van der Waals surface area contributed by atoms with Crippen molar-refractivity contribution in [3.05, 3.63) is 89.7 Å². The van der Waals surface area contributed by atoms with E-state index in [0.717, 1.165) is 27.7 Å². The summed E-state index contributed by atoms with van der Waals surface area (Å²) in [4.78, 5) is 20.2. The van der Waals surface area contributed by atoms with E-state index in [-0.39, 0.29) is 23.5 Å². The Bertz CT molecular complexity index is 1490. The normalized spacial score (nSPS) is 14.1. The Hall–Kier alpha value is -3.82. The standard InChI is InChI=1S/C24H20N4O4S/c29-24(30)17-5-3-6-20(13-17)33(31,32)28-11-9-21-18(15-28)8-10-25-23(21)27-19-12-16-4-1-2-7-22(16)26-14-19/h1-8,10,12-14H,9,11,15H2,(H,25,27)(H,29,30). The van der Waals surface area contributed by atoms with Crippen LogP contribution in [-0.4, -0.2) is 40.3 Å². The first kappa shape index (κ1) is 21.0. The number of benzene rings is 2. The lowest BCUT2D eigenvalue weighted by molar-refractivity contribution is 0.0696. The quantitative estimate of drug-likeness (QED) is 0.466. The number of carboxylic acid groups (broad SMARTS) is 1. The first-order valence-electron chi connectivity index (χ1n) is 10.3. The Labute approximate surface area is 190 Å². The summed E-state index contributed by atoms with van der Waals surface area (Å²) in [5, 5.41) is 13.5. The Morgan fingerprint density at radius 1 is 1.03 bits per heavy atom. The zero-order valence-corrected chi connectivity index (χ0v) is 18.3. The molecule has 2 aromatic heterocycles. The fraction of sp³-hybridized carbons (Fsp3) is 0.125. The number of fused-ring (bicyclic) bond motifs is 2. The number of nitrogens with one attached hydrogen (secondary N) is 1. The van der Waals surface area contributed by atoms with Gasteiger partial charge in [0.05, 0.1) is 27.9 Å². The highest BCUT2D eigenvalue weighted by Crippen LogP contribution is 2.30. The summed E-state index contributed by atoms with van der Waals surface area (Å²) in [6.07, 6.45) is 3.87. The largest absolute Gasteiger partial charge is 0.478 e. The average Bonchev–Trinajstić information content (AvgIpc) is 2.84. The lowest BCUT2D eigenvalue weighted by atomic mass is 10.0. The van der Waals surface area contributed by atoms with Crippen molar-refractivity contribution in [2.45, 2.75) is 17.9 Å². The molecule has 0 bridgehead atoms. The smallest absolute Gasteiger partial charge is 0.335 e. The maximum Gasteiger partial charge on any atom is 0.335 e. The molecule has 0 spiro atoms. The van der Waals surface area contributed by atoms with Crippen LogP contribution >= 0.6 is 0 Å². The number of carbonyl (C=O) groups is 1. The number of rotatable bonds is 5. The second-order valence-electron chi connectivity index (χ2n) is 7.76. The molecule has 5 rings (SSSR count). The summed E-state index contributed by atoms with van der Waals surface area (Å²) in [6.45, 7) is 0.450. The number of nitrogens with zero attached hydrogens (tertiary/aromatic N) is 3. The van der Waals surface area contributed by atoms with Gasteiger partial charge in [-0.15, -0.1) is 0 Å². The summed E-state index contributed by atoms with van der Waals surface area (Å²) in [6, 6.07) is 17.1. The van der Waals surface area contributed by atoms with E-state index in [0.29, 0.717) is 12.2 Å². The number of carboxylic acids is 1. The molecule has 166 valence electrons. The number of aromatic nitrogens is 2. The third kappa shape index (κ3) is 4.04. The Morgan fingerprint density at radius 2 is 1.88 bits per heavy atom. The molecule has 0 fully saturated rings. The molecule has 9 heteroatoms. The summed E-state index contributed by atoms with van der Waals surface area (Å²) >= 11 is 0. The molecule has 0 saturated heterocycles. The highest BCUT2D eigenvalue weighted by atomic mass is 32.2. The van der Waals surface area contributed by atoms with Gasteiger partial charge in [0.2, 0.25) is 10.0 Å². The fourth-order valence-corrected chi connectivity index (χ4v) is 5.46. The van der Waals surface area contributed by atoms with Gasteiger partial charge in [-0.2, -0.15) is 4.31 Å². The zero-order valence-electron chi connectivity index (χ0n) is 17.5. The first-order valence-corrected chi connectivity index (χ1v) is 11.8. The molecule has 1 aliphatic rings. The number of pyridine rings is 2. The number of para-hydroxylation sites is 1. The Kier molecular flexibility index (Phi) is 5.27. The van der Waals surface area contributed by atoms with Crippen molar-refractivity contribution in [2.75, 3.05) is 11.9 Å². The van der Waals surface area contributed by atoms with E-state index in [1.54, 1.807) is 12.4 Å². The summed E-state index contributed by atoms with van der Waals surface area (Å²) in [5.41, 5.74) is 3.45. The van der Waals surface area contributed by atoms with Crippen molar-refractivity contribution in [2.24, 2.45) is 0 Å². The monoisotopic (exact) mass is 460 g/mol. The molecule has 0 unspecified atom stereocenters. The minimum atomic E-state index is -3.84. The van der Waals surface area contributed by atoms with Crippen molar-refractivity contribution in [1.82, 2.24) is 14.3 Å². The average molecular weight is 461 g/mol. The molecule has 33 heavy (non-hydrogen) atoms. The van der Waals surface area contributed by atoms with Crippen LogP contribution in [0.5, 0.6) is 0 Å². The number of hydrogen-bond acceptors (Lipinski definition) is 6. The van der Waals surface area contributed by atoms with Crippen LogP contribution in [-0.2, 0) is 23.0 Å². The van der Waals surface area contributed by atoms with Gasteiger partial charge < -0.3 is 10.4 Å². The molecule has 0 radical (unpaired) electrons. The molecular weight excluding hydrogens is 440 g/mol. The van der Waals surface area contributed by atoms with Crippen LogP contribution in [0.3, 0.4) is 0 Å². The van der Waals surface area contributed by atoms with Crippen LogP contribution in [0.4, 0.5) is 11.5 Å². The summed E-state index contributed by atoms with van der Waals surface area (Å²) in [5.74, 6) is -0.490. The Morgan fingerprint density at radius 3 is 2.73 bits per heavy atom. The molecule has 1 aliphatic heterocycles. The predicted molar refractivity (Wildman–Crippen MR) is 124 cm³/mol. The zero-order chi connectivity index (χ0) is 23.0. The van der Waals surface area contributed by atoms with Gasteiger partial charge in [0.15, 0.2) is 0 Å². The molecule has 3 heterocycles. The van der Waals surface area contributed by atoms with Gasteiger partial charge in [-0.3, -0.25) is 4.98 Å². The number of sulfonamides is 1. The van der Waals surface area contributed by atoms with Crippen molar-refractivity contribution in [3.8, 4) is 0 Å². The van der Waals surface area contributed by atoms with Gasteiger partial charge in [0, 0.05) is 30.2 Å². The van der Waals surface area contributed by atoms with E-state index in [1.807, 2.05) is 36.4 Å². The highest BCUT2D eigenvalue weighted by molar-refractivity contribution is 7.89. The molecule has 0 atom stereocenters. The van der Waals surface area contributed by atoms with Crippen LogP contribution in [0.15, 0.2) is 78.0 Å². The van der Waals surface area contributed by atoms with Crippen LogP contribution < -0.4 is 5.32 Å². The summed E-state index contributed by atoms with van der Waals surface area (Å²) in [7, 11) is -3.84. The van der Waals surface area contributed by atoms with Crippen molar-refractivity contribution >= 4 is 38.4 Å². The molecule has 0 saturated carbocycles. The van der Waals surface area contributed by atoms with Gasteiger partial charge >= 0.3 is 5.97 Å². The molecule has 0 aliphatic carbocycles. The minimum absolute atomic E-state index is 0.0273. The van der Waals surface area contributed by atoms with E-state index in [2.05, 4.69) is 15.3 Å². The molecular formula is C24H20N4O4S. The van der Waals surface area contributed by atoms with Gasteiger partial charge in [-0.1, -0.05) is 24.3 Å². The first-order chi connectivity index (χ1) is 15.9. The maximum absolute atomic E-state index is 13.2. The molecule has 2 N–H and O–H groups in total. The van der Waals surface area contributed by atoms with E-state index >= 15 is 0 Å². The SMILES string of the molecule is O=C(O)c1cccc(S(=O)(=O)N2CCc3c(ccnc3Nc3cnc4ccccc4c3)C2)c1. The van der Waals surface area contributed by atoms with Crippen molar-refractivity contribution in [1.29, 1.82) is 0 Å². The number of hydrogen-bond donors (Lipinski definition) is 2. The molecule has 8 nitrogen and oxygen atoms in total. The van der Waals surface area contributed by atoms with Crippen LogP contribution in [0, 0.1) is 0 Å². The van der Waals surface area contributed by atoms with Crippen LogP contribution in [0.1, 0.15) is 21.5 Å². The van der Waals surface area contributed by atoms with E-state index < -0.39 is 16.0 Å². The molecule has 4 aromatic rings. The lowest BCUT2D eigenvalue weighted by Crippen LogP contribution is -2.36. The second-order valence-corrected chi connectivity index (χ2v) is 9.70. The second kappa shape index (κ2) is 8.27. The van der Waals surface area contributed by atoms with Crippen molar-refractivity contribution < 1.29 is 18.3 Å². The van der Waals surface area contributed by atoms with Gasteiger partial charge in [-0.05, 0) is 48.4 Å². The minimum Gasteiger partial charge on any atom is -0.478 e. The Balaban J connectivity index is 1.42. The molecule has 2 aromatic carbocycles. The van der Waals surface area contributed by atoms with Crippen molar-refractivity contribution in [3.63, 3.8) is 0 Å². The lowest BCUT2D eigenvalue weighted by Gasteiger charge is -2.29. The van der Waals surface area contributed by atoms with E-state index in [9.17, 15) is 18.3 Å². The number of aromatic carboxylic acids is 1. The van der Waals surface area contributed by atoms with Gasteiger partial charge in [0.25, 0.3) is 0 Å². The number of anilines is 2. The fourth-order valence-electron chi connectivity index (χ4n) is 3.99. The highest BCUT2D eigenvalue weighted by Gasteiger charge is 2.30. The van der Waals surface area contributed by atoms with Gasteiger partial charge in [-0.25, -0.2) is 18.2 Å². The summed E-state index contributed by atoms with van der Waals surface area (Å²) < 4.78 is 27.7. The van der Waals surface area contributed by atoms with Crippen LogP contribution in [0.25, 0.3) is 10.9 Å². The van der Waals surface area contributed by atoms with E-state index in [4.69, 9.17) is 0 Å². The third-order valence-electron chi connectivity index (χ3n) is 5.68.